The second-order valence-electron chi connectivity index (χ2n) is 4.64. The van der Waals surface area contributed by atoms with Crippen LogP contribution in [0, 0.1) is 17.8 Å². The molecule has 80 valence electrons. The Kier molecular flexibility index (Phi) is 3.01. The van der Waals surface area contributed by atoms with Gasteiger partial charge in [0.15, 0.2) is 0 Å². The number of amides is 1. The van der Waals surface area contributed by atoms with Crippen LogP contribution in [0.3, 0.4) is 0 Å². The molecule has 0 saturated heterocycles. The average Bonchev–Trinajstić information content (AvgIpc) is 2.60. The van der Waals surface area contributed by atoms with Crippen molar-refractivity contribution < 1.29 is 4.79 Å². The molecule has 0 aromatic heterocycles. The zero-order valence-electron chi connectivity index (χ0n) is 8.63. The summed E-state index contributed by atoms with van der Waals surface area (Å²) >= 11 is 5.80. The molecule has 2 saturated carbocycles. The van der Waals surface area contributed by atoms with Crippen LogP contribution in [0.4, 0.5) is 0 Å². The molecule has 2 nitrogen and oxygen atoms in total. The van der Waals surface area contributed by atoms with Crippen molar-refractivity contribution in [3.8, 4) is 0 Å². The number of carbonyl (C=O) groups excluding carboxylic acids is 1. The van der Waals surface area contributed by atoms with Crippen LogP contribution in [-0.4, -0.2) is 17.8 Å². The molecule has 3 heteroatoms. The van der Waals surface area contributed by atoms with E-state index >= 15 is 0 Å². The van der Waals surface area contributed by atoms with Gasteiger partial charge in [0.2, 0.25) is 5.91 Å². The van der Waals surface area contributed by atoms with Crippen LogP contribution < -0.4 is 5.32 Å². The van der Waals surface area contributed by atoms with Crippen molar-refractivity contribution in [3.63, 3.8) is 0 Å². The van der Waals surface area contributed by atoms with Crippen molar-refractivity contribution in [2.75, 3.05) is 6.54 Å². The highest BCUT2D eigenvalue weighted by Crippen LogP contribution is 2.57. The first-order valence-corrected chi connectivity index (χ1v) is 6.05. The number of hydrogen-bond donors (Lipinski definition) is 1. The molecule has 0 bridgehead atoms. The molecule has 2 aliphatic rings. The van der Waals surface area contributed by atoms with Gasteiger partial charge < -0.3 is 5.32 Å². The smallest absolute Gasteiger partial charge is 0.223 e. The van der Waals surface area contributed by atoms with E-state index in [0.29, 0.717) is 5.92 Å². The van der Waals surface area contributed by atoms with Crippen molar-refractivity contribution in [2.45, 2.75) is 38.0 Å². The van der Waals surface area contributed by atoms with Crippen LogP contribution in [0.15, 0.2) is 0 Å². The Bertz CT molecular complexity index is 219. The van der Waals surface area contributed by atoms with E-state index in [1.807, 2.05) is 6.92 Å². The number of carbonyl (C=O) groups is 1. The van der Waals surface area contributed by atoms with Crippen molar-refractivity contribution in [3.05, 3.63) is 0 Å². The molecule has 0 aliphatic heterocycles. The fraction of sp³-hybridized carbons (Fsp3) is 0.909. The second-order valence-corrected chi connectivity index (χ2v) is 5.39. The molecule has 2 rings (SSSR count). The van der Waals surface area contributed by atoms with Crippen molar-refractivity contribution in [1.29, 1.82) is 0 Å². The Morgan fingerprint density at radius 1 is 1.50 bits per heavy atom. The van der Waals surface area contributed by atoms with E-state index in [9.17, 15) is 4.79 Å². The van der Waals surface area contributed by atoms with Gasteiger partial charge in [0.1, 0.15) is 0 Å². The maximum Gasteiger partial charge on any atom is 0.223 e. The lowest BCUT2D eigenvalue weighted by molar-refractivity contribution is -0.123. The number of alkyl halides is 1. The highest BCUT2D eigenvalue weighted by Gasteiger charge is 2.56. The Balaban J connectivity index is 1.65. The predicted molar refractivity (Wildman–Crippen MR) is 57.3 cm³/mol. The molecule has 0 aromatic rings. The minimum absolute atomic E-state index is 0.161. The molecule has 0 aromatic carbocycles. The molecule has 1 amide bonds. The first-order chi connectivity index (χ1) is 6.70. The minimum atomic E-state index is 0.161. The van der Waals surface area contributed by atoms with E-state index in [4.69, 9.17) is 11.6 Å². The molecule has 2 fully saturated rings. The van der Waals surface area contributed by atoms with Gasteiger partial charge in [0.25, 0.3) is 0 Å². The number of halogens is 1. The maximum atomic E-state index is 11.6. The van der Waals surface area contributed by atoms with Crippen LogP contribution in [0.5, 0.6) is 0 Å². The van der Waals surface area contributed by atoms with Gasteiger partial charge >= 0.3 is 0 Å². The molecule has 3 atom stereocenters. The monoisotopic (exact) mass is 215 g/mol. The van der Waals surface area contributed by atoms with Gasteiger partial charge in [0, 0.05) is 17.8 Å². The molecule has 1 N–H and O–H groups in total. The fourth-order valence-corrected chi connectivity index (χ4v) is 2.83. The SMILES string of the molecule is CC(Cl)CCNC(=O)C1C2CCCC21. The van der Waals surface area contributed by atoms with E-state index in [-0.39, 0.29) is 11.3 Å². The third-order valence-electron chi connectivity index (χ3n) is 3.55. The fourth-order valence-electron chi connectivity index (χ4n) is 2.72. The Labute approximate surface area is 90.4 Å². The number of nitrogens with one attached hydrogen (secondary N) is 1. The molecule has 3 unspecified atom stereocenters. The summed E-state index contributed by atoms with van der Waals surface area (Å²) in [6, 6.07) is 0. The molecular formula is C11H18ClNO. The number of fused-ring (bicyclic) bond motifs is 1. The largest absolute Gasteiger partial charge is 0.356 e. The minimum Gasteiger partial charge on any atom is -0.356 e. The highest BCUT2D eigenvalue weighted by atomic mass is 35.5. The first-order valence-electron chi connectivity index (χ1n) is 5.62. The van der Waals surface area contributed by atoms with Crippen LogP contribution >= 0.6 is 11.6 Å². The van der Waals surface area contributed by atoms with Crippen molar-refractivity contribution in [2.24, 2.45) is 17.8 Å². The number of rotatable bonds is 4. The standard InChI is InChI=1S/C11H18ClNO/c1-7(12)5-6-13-11(14)10-8-3-2-4-9(8)10/h7-10H,2-6H2,1H3,(H,13,14). The van der Waals surface area contributed by atoms with Crippen LogP contribution in [0.1, 0.15) is 32.6 Å². The maximum absolute atomic E-state index is 11.6. The zero-order chi connectivity index (χ0) is 10.1. The quantitative estimate of drug-likeness (QED) is 0.716. The molecule has 2 aliphatic carbocycles. The molecule has 0 spiro atoms. The Morgan fingerprint density at radius 2 is 2.14 bits per heavy atom. The lowest BCUT2D eigenvalue weighted by atomic mass is 10.1. The van der Waals surface area contributed by atoms with E-state index in [2.05, 4.69) is 5.32 Å². The average molecular weight is 216 g/mol. The summed E-state index contributed by atoms with van der Waals surface area (Å²) in [6.45, 7) is 2.69. The summed E-state index contributed by atoms with van der Waals surface area (Å²) in [4.78, 5) is 11.6. The third kappa shape index (κ3) is 2.05. The third-order valence-corrected chi connectivity index (χ3v) is 3.77. The van der Waals surface area contributed by atoms with E-state index in [1.54, 1.807) is 0 Å². The molecule has 0 radical (unpaired) electrons. The second kappa shape index (κ2) is 4.09. The Hall–Kier alpha value is -0.240. The topological polar surface area (TPSA) is 29.1 Å². The number of hydrogen-bond acceptors (Lipinski definition) is 1. The van der Waals surface area contributed by atoms with Crippen molar-refractivity contribution in [1.82, 2.24) is 5.32 Å². The molecule has 0 heterocycles. The zero-order valence-corrected chi connectivity index (χ0v) is 9.39. The summed E-state index contributed by atoms with van der Waals surface area (Å²) < 4.78 is 0. The molecule has 14 heavy (non-hydrogen) atoms. The van der Waals surface area contributed by atoms with Gasteiger partial charge in [-0.2, -0.15) is 0 Å². The predicted octanol–water partition coefficient (Wildman–Crippen LogP) is 2.17. The van der Waals surface area contributed by atoms with E-state index in [1.165, 1.54) is 19.3 Å². The summed E-state index contributed by atoms with van der Waals surface area (Å²) in [7, 11) is 0. The van der Waals surface area contributed by atoms with Gasteiger partial charge in [0.05, 0.1) is 0 Å². The van der Waals surface area contributed by atoms with Gasteiger partial charge in [-0.25, -0.2) is 0 Å². The van der Waals surface area contributed by atoms with Crippen LogP contribution in [-0.2, 0) is 4.79 Å². The Morgan fingerprint density at radius 3 is 2.71 bits per heavy atom. The summed E-state index contributed by atoms with van der Waals surface area (Å²) in [5.41, 5.74) is 0. The van der Waals surface area contributed by atoms with Gasteiger partial charge in [-0.15, -0.1) is 11.6 Å². The summed E-state index contributed by atoms with van der Waals surface area (Å²) in [5.74, 6) is 2.08. The van der Waals surface area contributed by atoms with Gasteiger partial charge in [-0.05, 0) is 38.0 Å². The summed E-state index contributed by atoms with van der Waals surface area (Å²) in [6.07, 6.45) is 4.75. The lowest BCUT2D eigenvalue weighted by Gasteiger charge is -2.07. The van der Waals surface area contributed by atoms with E-state index < -0.39 is 0 Å². The van der Waals surface area contributed by atoms with E-state index in [0.717, 1.165) is 24.8 Å². The normalized spacial score (nSPS) is 36.3. The van der Waals surface area contributed by atoms with Crippen LogP contribution in [0.2, 0.25) is 0 Å². The summed E-state index contributed by atoms with van der Waals surface area (Å²) in [5, 5.41) is 3.14. The highest BCUT2D eigenvalue weighted by molar-refractivity contribution is 6.20. The lowest BCUT2D eigenvalue weighted by Crippen LogP contribution is -2.28. The van der Waals surface area contributed by atoms with Crippen molar-refractivity contribution >= 4 is 17.5 Å². The van der Waals surface area contributed by atoms with Gasteiger partial charge in [-0.3, -0.25) is 4.79 Å². The van der Waals surface area contributed by atoms with Gasteiger partial charge in [-0.1, -0.05) is 6.42 Å². The first kappa shape index (κ1) is 10.3. The van der Waals surface area contributed by atoms with Crippen LogP contribution in [0.25, 0.3) is 0 Å². The molecular weight excluding hydrogens is 198 g/mol.